The fraction of sp³-hybridized carbons (Fsp3) is 0.100. The van der Waals surface area contributed by atoms with Crippen molar-refractivity contribution >= 4 is 0 Å². The van der Waals surface area contributed by atoms with E-state index >= 15 is 0 Å². The number of nitrogens with one attached hydrogen (secondary N) is 1. The van der Waals surface area contributed by atoms with E-state index in [4.69, 9.17) is 0 Å². The van der Waals surface area contributed by atoms with Crippen LogP contribution in [0.4, 0.5) is 22.0 Å². The van der Waals surface area contributed by atoms with Gasteiger partial charge in [0, 0.05) is 18.3 Å². The Balaban J connectivity index is 1.68. The lowest BCUT2D eigenvalue weighted by molar-refractivity contribution is -0.274. The Bertz CT molecular complexity index is 1140. The number of rotatable bonds is 4. The molecule has 0 saturated heterocycles. The van der Waals surface area contributed by atoms with Gasteiger partial charge in [0.05, 0.1) is 11.3 Å². The minimum Gasteiger partial charge on any atom is -0.406 e. The average molecular weight is 405 g/mol. The summed E-state index contributed by atoms with van der Waals surface area (Å²) in [6, 6.07) is 10.9. The van der Waals surface area contributed by atoms with Crippen molar-refractivity contribution in [2.24, 2.45) is 0 Å². The number of fused-ring (bicyclic) bond motifs is 1. The van der Waals surface area contributed by atoms with E-state index in [1.807, 2.05) is 0 Å². The molecule has 2 aromatic carbocycles. The number of hydrogen-bond acceptors (Lipinski definition) is 3. The molecule has 2 aromatic rings. The lowest BCUT2D eigenvalue weighted by atomic mass is 10.1. The highest BCUT2D eigenvalue weighted by Crippen LogP contribution is 2.30. The lowest BCUT2D eigenvalue weighted by Crippen LogP contribution is -2.17. The molecule has 0 saturated carbocycles. The van der Waals surface area contributed by atoms with Crippen molar-refractivity contribution in [2.45, 2.75) is 12.8 Å². The van der Waals surface area contributed by atoms with E-state index in [1.165, 1.54) is 30.3 Å². The van der Waals surface area contributed by atoms with Gasteiger partial charge in [-0.15, -0.1) is 13.2 Å². The molecule has 0 unspecified atom stereocenters. The molecule has 0 fully saturated rings. The zero-order valence-electron chi connectivity index (χ0n) is 14.6. The van der Waals surface area contributed by atoms with Crippen LogP contribution in [0.1, 0.15) is 11.3 Å². The molecular formula is C20H12F5N3O. The van der Waals surface area contributed by atoms with E-state index in [0.717, 1.165) is 6.07 Å². The molecule has 29 heavy (non-hydrogen) atoms. The van der Waals surface area contributed by atoms with Gasteiger partial charge in [0.25, 0.3) is 0 Å². The molecular weight excluding hydrogens is 393 g/mol. The molecule has 4 nitrogen and oxygen atoms in total. The van der Waals surface area contributed by atoms with E-state index in [1.54, 1.807) is 18.3 Å². The van der Waals surface area contributed by atoms with Crippen LogP contribution >= 0.6 is 0 Å². The maximum Gasteiger partial charge on any atom is 0.573 e. The summed E-state index contributed by atoms with van der Waals surface area (Å²) < 4.78 is 68.8. The van der Waals surface area contributed by atoms with Crippen LogP contribution in [-0.4, -0.2) is 21.3 Å². The number of benzene rings is 2. The summed E-state index contributed by atoms with van der Waals surface area (Å²) in [7, 11) is 0. The van der Waals surface area contributed by atoms with E-state index in [0.29, 0.717) is 22.6 Å². The van der Waals surface area contributed by atoms with E-state index in [9.17, 15) is 22.0 Å². The summed E-state index contributed by atoms with van der Waals surface area (Å²) in [6.45, 7) is 0. The maximum absolute atomic E-state index is 14.1. The van der Waals surface area contributed by atoms with Gasteiger partial charge in [-0.1, -0.05) is 18.2 Å². The molecule has 0 aliphatic carbocycles. The largest absolute Gasteiger partial charge is 0.573 e. The third kappa shape index (κ3) is 4.03. The fourth-order valence-electron chi connectivity index (χ4n) is 2.97. The first-order valence-electron chi connectivity index (χ1n) is 8.43. The lowest BCUT2D eigenvalue weighted by Gasteiger charge is -2.11. The Morgan fingerprint density at radius 3 is 2.55 bits per heavy atom. The van der Waals surface area contributed by atoms with Crippen molar-refractivity contribution in [1.82, 2.24) is 15.0 Å². The van der Waals surface area contributed by atoms with Crippen molar-refractivity contribution in [2.75, 3.05) is 0 Å². The van der Waals surface area contributed by atoms with Crippen LogP contribution in [0.5, 0.6) is 5.75 Å². The highest BCUT2D eigenvalue weighted by atomic mass is 19.4. The van der Waals surface area contributed by atoms with Gasteiger partial charge in [-0.05, 0) is 35.9 Å². The van der Waals surface area contributed by atoms with Crippen molar-refractivity contribution in [3.05, 3.63) is 77.6 Å². The van der Waals surface area contributed by atoms with Crippen molar-refractivity contribution < 1.29 is 26.7 Å². The van der Waals surface area contributed by atoms with Crippen LogP contribution in [0.25, 0.3) is 22.8 Å². The van der Waals surface area contributed by atoms with Gasteiger partial charge in [0.15, 0.2) is 17.5 Å². The Hall–Kier alpha value is -3.49. The van der Waals surface area contributed by atoms with E-state index < -0.39 is 18.0 Å². The number of H-pyrrole nitrogens is 1. The van der Waals surface area contributed by atoms with Crippen LogP contribution in [0.15, 0.2) is 54.7 Å². The second kappa shape index (κ2) is 7.16. The standard InChI is InChI=1S/C20H12F5N3O/c21-14-6-2-5-13(17(14)22)19-27-15-7-8-26-16(18(15)28-19)10-11-3-1-4-12(9-11)29-20(23,24)25/h1-9,26H,10H2. The van der Waals surface area contributed by atoms with Crippen LogP contribution in [0.3, 0.4) is 0 Å². The van der Waals surface area contributed by atoms with Gasteiger partial charge in [-0.3, -0.25) is 0 Å². The molecule has 9 heteroatoms. The summed E-state index contributed by atoms with van der Waals surface area (Å²) in [4.78, 5) is 11.5. The third-order valence-electron chi connectivity index (χ3n) is 4.18. The third-order valence-corrected chi connectivity index (χ3v) is 4.18. The fourth-order valence-corrected chi connectivity index (χ4v) is 2.97. The summed E-state index contributed by atoms with van der Waals surface area (Å²) >= 11 is 0. The minimum atomic E-state index is -4.79. The van der Waals surface area contributed by atoms with E-state index in [2.05, 4.69) is 19.7 Å². The van der Waals surface area contributed by atoms with Crippen LogP contribution < -0.4 is 4.74 Å². The number of halogens is 5. The van der Waals surface area contributed by atoms with Gasteiger partial charge < -0.3 is 9.72 Å². The summed E-state index contributed by atoms with van der Waals surface area (Å²) in [5.74, 6) is -2.37. The van der Waals surface area contributed by atoms with Crippen molar-refractivity contribution in [1.29, 1.82) is 0 Å². The molecule has 0 bridgehead atoms. The van der Waals surface area contributed by atoms with E-state index in [-0.39, 0.29) is 23.6 Å². The molecule has 2 aliphatic heterocycles. The number of nitrogens with zero attached hydrogens (tertiary/aromatic N) is 2. The minimum absolute atomic E-state index is 0.0204. The van der Waals surface area contributed by atoms with Crippen molar-refractivity contribution in [3.63, 3.8) is 0 Å². The van der Waals surface area contributed by atoms with Crippen molar-refractivity contribution in [3.8, 4) is 28.5 Å². The normalized spacial score (nSPS) is 11.8. The molecule has 0 radical (unpaired) electrons. The van der Waals surface area contributed by atoms with Crippen LogP contribution in [-0.2, 0) is 6.42 Å². The maximum atomic E-state index is 14.1. The molecule has 1 N–H and O–H groups in total. The summed E-state index contributed by atoms with van der Waals surface area (Å²) in [5, 5.41) is 0. The number of ether oxygens (including phenoxy) is 1. The molecule has 0 aromatic heterocycles. The Kier molecular flexibility index (Phi) is 4.65. The number of aromatic amines is 1. The quantitative estimate of drug-likeness (QED) is 0.466. The first-order valence-corrected chi connectivity index (χ1v) is 8.43. The Morgan fingerprint density at radius 2 is 1.76 bits per heavy atom. The summed E-state index contributed by atoms with van der Waals surface area (Å²) in [5.41, 5.74) is 1.88. The molecule has 0 spiro atoms. The predicted molar refractivity (Wildman–Crippen MR) is 94.3 cm³/mol. The smallest absolute Gasteiger partial charge is 0.406 e. The van der Waals surface area contributed by atoms with Crippen LogP contribution in [0.2, 0.25) is 0 Å². The molecule has 2 heterocycles. The predicted octanol–water partition coefficient (Wildman–Crippen LogP) is 5.34. The second-order valence-corrected chi connectivity index (χ2v) is 6.21. The van der Waals surface area contributed by atoms with Crippen LogP contribution in [0, 0.1) is 11.6 Å². The first-order chi connectivity index (χ1) is 13.8. The molecule has 148 valence electrons. The SMILES string of the molecule is Fc1cccc(-c2nc3cc[nH]c(Cc4cccc(OC(F)(F)F)c4)c-3n2)c1F. The molecule has 0 amide bonds. The zero-order valence-corrected chi connectivity index (χ0v) is 14.6. The Morgan fingerprint density at radius 1 is 0.966 bits per heavy atom. The number of imidazole rings is 1. The topological polar surface area (TPSA) is 50.8 Å². The number of pyridine rings is 1. The zero-order chi connectivity index (χ0) is 20.6. The number of hydrogen-bond donors (Lipinski definition) is 1. The molecule has 4 rings (SSSR count). The second-order valence-electron chi connectivity index (χ2n) is 6.21. The molecule has 0 atom stereocenters. The first kappa shape index (κ1) is 18.9. The highest BCUT2D eigenvalue weighted by molar-refractivity contribution is 5.68. The van der Waals surface area contributed by atoms with Gasteiger partial charge in [0.1, 0.15) is 11.4 Å². The summed E-state index contributed by atoms with van der Waals surface area (Å²) in [6.07, 6.45) is -2.99. The van der Waals surface area contributed by atoms with Gasteiger partial charge >= 0.3 is 6.36 Å². The number of aromatic nitrogens is 3. The van der Waals surface area contributed by atoms with Gasteiger partial charge in [-0.2, -0.15) is 0 Å². The average Bonchev–Trinajstić information content (AvgIpc) is 3.08. The van der Waals surface area contributed by atoms with Gasteiger partial charge in [0.2, 0.25) is 0 Å². The highest BCUT2D eigenvalue weighted by Gasteiger charge is 2.31. The molecule has 2 aliphatic rings. The monoisotopic (exact) mass is 405 g/mol. The number of alkyl halides is 3. The van der Waals surface area contributed by atoms with Gasteiger partial charge in [-0.25, -0.2) is 18.7 Å². The Labute approximate surface area is 161 Å².